The minimum Gasteiger partial charge on any atom is -0.298 e. The Morgan fingerprint density at radius 1 is 1.47 bits per heavy atom. The van der Waals surface area contributed by atoms with Gasteiger partial charge in [-0.1, -0.05) is 13.3 Å². The summed E-state index contributed by atoms with van der Waals surface area (Å²) in [5.74, 6) is 0. The van der Waals surface area contributed by atoms with Crippen molar-refractivity contribution in [2.75, 3.05) is 0 Å². The van der Waals surface area contributed by atoms with Gasteiger partial charge in [-0.2, -0.15) is 0 Å². The van der Waals surface area contributed by atoms with Gasteiger partial charge in [-0.25, -0.2) is 0 Å². The number of aldehydes is 1. The first-order valence-corrected chi connectivity index (χ1v) is 4.91. The number of carbonyl (C=O) groups is 1. The number of nitro benzene ring substituents is 1. The SMILES string of the molecule is CCCCc1cc(C=O)ccc1[N+](=O)[O-]. The topological polar surface area (TPSA) is 60.2 Å². The van der Waals surface area contributed by atoms with Crippen LogP contribution in [-0.4, -0.2) is 11.2 Å². The molecule has 1 rings (SSSR count). The number of rotatable bonds is 5. The Balaban J connectivity index is 3.04. The van der Waals surface area contributed by atoms with E-state index in [2.05, 4.69) is 0 Å². The molecule has 0 bridgehead atoms. The van der Waals surface area contributed by atoms with E-state index in [9.17, 15) is 14.9 Å². The third-order valence-corrected chi connectivity index (χ3v) is 2.24. The van der Waals surface area contributed by atoms with Gasteiger partial charge in [-0.3, -0.25) is 14.9 Å². The van der Waals surface area contributed by atoms with Gasteiger partial charge in [0.15, 0.2) is 0 Å². The third kappa shape index (κ3) is 2.87. The summed E-state index contributed by atoms with van der Waals surface area (Å²) >= 11 is 0. The Kier molecular flexibility index (Phi) is 3.97. The summed E-state index contributed by atoms with van der Waals surface area (Å²) in [5, 5.41) is 10.7. The first-order chi connectivity index (χ1) is 7.19. The molecule has 4 nitrogen and oxygen atoms in total. The van der Waals surface area contributed by atoms with Gasteiger partial charge in [0.2, 0.25) is 0 Å². The maximum atomic E-state index is 10.7. The summed E-state index contributed by atoms with van der Waals surface area (Å²) in [7, 11) is 0. The Morgan fingerprint density at radius 3 is 2.73 bits per heavy atom. The molecule has 15 heavy (non-hydrogen) atoms. The van der Waals surface area contributed by atoms with Crippen LogP contribution >= 0.6 is 0 Å². The van der Waals surface area contributed by atoms with Crippen LogP contribution in [0.4, 0.5) is 5.69 Å². The van der Waals surface area contributed by atoms with Crippen molar-refractivity contribution in [2.45, 2.75) is 26.2 Å². The maximum Gasteiger partial charge on any atom is 0.272 e. The second-order valence-corrected chi connectivity index (χ2v) is 3.37. The lowest BCUT2D eigenvalue weighted by molar-refractivity contribution is -0.385. The molecular formula is C11H13NO3. The van der Waals surface area contributed by atoms with Crippen LogP contribution in [0.2, 0.25) is 0 Å². The molecule has 1 aromatic carbocycles. The van der Waals surface area contributed by atoms with Crippen LogP contribution in [-0.2, 0) is 6.42 Å². The minimum absolute atomic E-state index is 0.106. The van der Waals surface area contributed by atoms with Crippen LogP contribution in [0.5, 0.6) is 0 Å². The molecule has 0 N–H and O–H groups in total. The number of aryl methyl sites for hydroxylation is 1. The fourth-order valence-electron chi connectivity index (χ4n) is 1.42. The largest absolute Gasteiger partial charge is 0.298 e. The minimum atomic E-state index is -0.403. The number of hydrogen-bond donors (Lipinski definition) is 0. The molecule has 1 aromatic rings. The Morgan fingerprint density at radius 2 is 2.20 bits per heavy atom. The molecule has 0 aliphatic carbocycles. The maximum absolute atomic E-state index is 10.7. The molecule has 4 heteroatoms. The van der Waals surface area contributed by atoms with Crippen molar-refractivity contribution in [3.8, 4) is 0 Å². The van der Waals surface area contributed by atoms with Crippen LogP contribution in [0, 0.1) is 10.1 Å². The average Bonchev–Trinajstić information content (AvgIpc) is 2.25. The molecule has 0 heterocycles. The first-order valence-electron chi connectivity index (χ1n) is 4.91. The van der Waals surface area contributed by atoms with Crippen molar-refractivity contribution < 1.29 is 9.72 Å². The summed E-state index contributed by atoms with van der Waals surface area (Å²) in [4.78, 5) is 20.8. The van der Waals surface area contributed by atoms with Crippen molar-refractivity contribution in [1.82, 2.24) is 0 Å². The van der Waals surface area contributed by atoms with Crippen molar-refractivity contribution in [1.29, 1.82) is 0 Å². The molecule has 80 valence electrons. The van der Waals surface area contributed by atoms with Gasteiger partial charge in [-0.05, 0) is 25.0 Å². The van der Waals surface area contributed by atoms with E-state index >= 15 is 0 Å². The van der Waals surface area contributed by atoms with E-state index in [0.717, 1.165) is 12.8 Å². The predicted molar refractivity (Wildman–Crippen MR) is 57.1 cm³/mol. The Labute approximate surface area is 88.1 Å². The van der Waals surface area contributed by atoms with Crippen molar-refractivity contribution in [2.24, 2.45) is 0 Å². The van der Waals surface area contributed by atoms with Crippen LogP contribution < -0.4 is 0 Å². The first kappa shape index (κ1) is 11.4. The lowest BCUT2D eigenvalue weighted by Gasteiger charge is -2.02. The molecule has 0 aliphatic heterocycles. The number of nitro groups is 1. The quantitative estimate of drug-likeness (QED) is 0.423. The molecule has 0 saturated heterocycles. The van der Waals surface area contributed by atoms with Crippen LogP contribution in [0.15, 0.2) is 18.2 Å². The zero-order valence-electron chi connectivity index (χ0n) is 8.60. The van der Waals surface area contributed by atoms with Crippen LogP contribution in [0.3, 0.4) is 0 Å². The number of nitrogens with zero attached hydrogens (tertiary/aromatic N) is 1. The zero-order valence-corrected chi connectivity index (χ0v) is 8.60. The lowest BCUT2D eigenvalue weighted by atomic mass is 10.0. The van der Waals surface area contributed by atoms with E-state index in [0.29, 0.717) is 23.8 Å². The van der Waals surface area contributed by atoms with E-state index in [1.165, 1.54) is 12.1 Å². The van der Waals surface area contributed by atoms with E-state index in [4.69, 9.17) is 0 Å². The second kappa shape index (κ2) is 5.24. The molecule has 0 atom stereocenters. The summed E-state index contributed by atoms with van der Waals surface area (Å²) in [6.07, 6.45) is 3.22. The molecule has 0 amide bonds. The molecule has 0 unspecified atom stereocenters. The van der Waals surface area contributed by atoms with Gasteiger partial charge >= 0.3 is 0 Å². The van der Waals surface area contributed by atoms with Gasteiger partial charge in [-0.15, -0.1) is 0 Å². The second-order valence-electron chi connectivity index (χ2n) is 3.37. The smallest absolute Gasteiger partial charge is 0.272 e. The monoisotopic (exact) mass is 207 g/mol. The van der Waals surface area contributed by atoms with Crippen LogP contribution in [0.25, 0.3) is 0 Å². The average molecular weight is 207 g/mol. The summed E-state index contributed by atoms with van der Waals surface area (Å²) in [5.41, 5.74) is 1.24. The predicted octanol–water partition coefficient (Wildman–Crippen LogP) is 2.75. The van der Waals surface area contributed by atoms with E-state index < -0.39 is 4.92 Å². The molecule has 0 aromatic heterocycles. The summed E-state index contributed by atoms with van der Waals surface area (Å²) < 4.78 is 0. The summed E-state index contributed by atoms with van der Waals surface area (Å²) in [6, 6.07) is 4.47. The normalized spacial score (nSPS) is 9.93. The third-order valence-electron chi connectivity index (χ3n) is 2.24. The van der Waals surface area contributed by atoms with E-state index in [1.807, 2.05) is 6.92 Å². The lowest BCUT2D eigenvalue weighted by Crippen LogP contribution is -1.97. The molecular weight excluding hydrogens is 194 g/mol. The Bertz CT molecular complexity index is 374. The van der Waals surface area contributed by atoms with E-state index in [-0.39, 0.29) is 5.69 Å². The molecule has 0 radical (unpaired) electrons. The number of benzene rings is 1. The standard InChI is InChI=1S/C11H13NO3/c1-2-3-4-10-7-9(8-13)5-6-11(10)12(14)15/h5-8H,2-4H2,1H3. The van der Waals surface area contributed by atoms with Gasteiger partial charge < -0.3 is 0 Å². The Hall–Kier alpha value is -1.71. The van der Waals surface area contributed by atoms with Crippen molar-refractivity contribution in [3.05, 3.63) is 39.4 Å². The van der Waals surface area contributed by atoms with Gasteiger partial charge in [0.1, 0.15) is 6.29 Å². The van der Waals surface area contributed by atoms with Gasteiger partial charge in [0.25, 0.3) is 5.69 Å². The highest BCUT2D eigenvalue weighted by molar-refractivity contribution is 5.76. The van der Waals surface area contributed by atoms with Gasteiger partial charge in [0.05, 0.1) is 4.92 Å². The molecule has 0 saturated carbocycles. The number of unbranched alkanes of at least 4 members (excludes halogenated alkanes) is 1. The van der Waals surface area contributed by atoms with E-state index in [1.54, 1.807) is 6.07 Å². The van der Waals surface area contributed by atoms with Crippen molar-refractivity contribution >= 4 is 12.0 Å². The molecule has 0 spiro atoms. The molecule has 0 fully saturated rings. The van der Waals surface area contributed by atoms with Gasteiger partial charge in [0, 0.05) is 17.2 Å². The highest BCUT2D eigenvalue weighted by Crippen LogP contribution is 2.21. The van der Waals surface area contributed by atoms with Crippen molar-refractivity contribution in [3.63, 3.8) is 0 Å². The highest BCUT2D eigenvalue weighted by atomic mass is 16.6. The van der Waals surface area contributed by atoms with Crippen LogP contribution in [0.1, 0.15) is 35.7 Å². The molecule has 0 aliphatic rings. The fourth-order valence-corrected chi connectivity index (χ4v) is 1.42. The fraction of sp³-hybridized carbons (Fsp3) is 0.364. The highest BCUT2D eigenvalue weighted by Gasteiger charge is 2.13. The zero-order chi connectivity index (χ0) is 11.3. The summed E-state index contributed by atoms with van der Waals surface area (Å²) in [6.45, 7) is 2.02. The number of hydrogen-bond acceptors (Lipinski definition) is 3. The number of carbonyl (C=O) groups excluding carboxylic acids is 1.